The molecule has 0 saturated carbocycles. The fourth-order valence-corrected chi connectivity index (χ4v) is 1.92. The van der Waals surface area contributed by atoms with Gasteiger partial charge in [-0.05, 0) is 18.6 Å². The van der Waals surface area contributed by atoms with Gasteiger partial charge in [0.1, 0.15) is 0 Å². The molecule has 0 bridgehead atoms. The zero-order valence-electron chi connectivity index (χ0n) is 12.3. The van der Waals surface area contributed by atoms with Crippen molar-refractivity contribution in [2.24, 2.45) is 0 Å². The van der Waals surface area contributed by atoms with Crippen LogP contribution in [-0.2, 0) is 6.18 Å². The van der Waals surface area contributed by atoms with Crippen molar-refractivity contribution in [2.75, 3.05) is 5.32 Å². The highest BCUT2D eigenvalue weighted by Crippen LogP contribution is 2.29. The number of hydrogen-bond donors (Lipinski definition) is 1. The van der Waals surface area contributed by atoms with E-state index in [1.165, 1.54) is 25.1 Å². The quantitative estimate of drug-likeness (QED) is 0.681. The highest BCUT2D eigenvalue weighted by molar-refractivity contribution is 5.62. The van der Waals surface area contributed by atoms with Crippen molar-refractivity contribution in [3.8, 4) is 0 Å². The molecule has 0 aliphatic rings. The van der Waals surface area contributed by atoms with Crippen LogP contribution in [0.3, 0.4) is 0 Å². The summed E-state index contributed by atoms with van der Waals surface area (Å²) in [7, 11) is 0. The summed E-state index contributed by atoms with van der Waals surface area (Å²) in [5, 5.41) is 13.3. The lowest BCUT2D eigenvalue weighted by Gasteiger charge is -2.14. The van der Waals surface area contributed by atoms with Crippen LogP contribution in [0.2, 0.25) is 0 Å². The number of hydrogen-bond acceptors (Lipinski definition) is 5. The number of alkyl halides is 3. The molecule has 0 saturated heterocycles. The number of nitrogens with one attached hydrogen (secondary N) is 1. The first kappa shape index (κ1) is 17.2. The topological polar surface area (TPSA) is 90.1 Å². The minimum absolute atomic E-state index is 0.170. The lowest BCUT2D eigenvalue weighted by atomic mass is 10.2. The van der Waals surface area contributed by atoms with Gasteiger partial charge in [-0.1, -0.05) is 6.58 Å². The molecule has 1 aromatic heterocycles. The summed E-state index contributed by atoms with van der Waals surface area (Å²) in [6, 6.07) is 4.09. The molecule has 0 unspecified atom stereocenters. The van der Waals surface area contributed by atoms with Crippen LogP contribution in [0.15, 0.2) is 35.6 Å². The molecule has 2 rings (SSSR count). The zero-order valence-corrected chi connectivity index (χ0v) is 12.3. The van der Waals surface area contributed by atoms with E-state index < -0.39 is 28.3 Å². The Kier molecular flexibility index (Phi) is 4.40. The van der Waals surface area contributed by atoms with Crippen LogP contribution in [0.25, 0.3) is 6.20 Å². The standard InChI is InChI=1S/C14H11F3N4O3/c1-3-20-12(22)7-11(14(15,16)17)19-13(20)18-10-5-4-9(21(23)24)6-8(10)2/h3-7H,1H2,2H3,(H,18,19). The highest BCUT2D eigenvalue weighted by Gasteiger charge is 2.34. The molecule has 1 aromatic carbocycles. The van der Waals surface area contributed by atoms with E-state index in [4.69, 9.17) is 0 Å². The maximum Gasteiger partial charge on any atom is 0.433 e. The molecule has 10 heteroatoms. The number of nitrogens with zero attached hydrogens (tertiary/aromatic N) is 3. The van der Waals surface area contributed by atoms with E-state index in [9.17, 15) is 28.1 Å². The lowest BCUT2D eigenvalue weighted by molar-refractivity contribution is -0.384. The molecule has 1 heterocycles. The second-order valence-electron chi connectivity index (χ2n) is 4.73. The van der Waals surface area contributed by atoms with E-state index in [1.807, 2.05) is 0 Å². The average molecular weight is 340 g/mol. The van der Waals surface area contributed by atoms with Crippen LogP contribution in [0.5, 0.6) is 0 Å². The summed E-state index contributed by atoms with van der Waals surface area (Å²) in [6.45, 7) is 4.89. The number of nitro benzene ring substituents is 1. The SMILES string of the molecule is C=Cn1c(Nc2ccc([N+](=O)[O-])cc2C)nc(C(F)(F)F)cc1=O. The Hall–Kier alpha value is -3.17. The van der Waals surface area contributed by atoms with Crippen molar-refractivity contribution < 1.29 is 18.1 Å². The van der Waals surface area contributed by atoms with Gasteiger partial charge in [0.15, 0.2) is 5.69 Å². The Morgan fingerprint density at radius 3 is 2.54 bits per heavy atom. The molecule has 2 aromatic rings. The van der Waals surface area contributed by atoms with Crippen LogP contribution in [0.4, 0.5) is 30.5 Å². The van der Waals surface area contributed by atoms with E-state index >= 15 is 0 Å². The Morgan fingerprint density at radius 1 is 1.38 bits per heavy atom. The molecule has 126 valence electrons. The lowest BCUT2D eigenvalue weighted by Crippen LogP contribution is -2.23. The van der Waals surface area contributed by atoms with E-state index in [-0.39, 0.29) is 11.4 Å². The molecule has 24 heavy (non-hydrogen) atoms. The van der Waals surface area contributed by atoms with Crippen LogP contribution < -0.4 is 10.9 Å². The predicted octanol–water partition coefficient (Wildman–Crippen LogP) is 3.32. The molecule has 0 aliphatic carbocycles. The normalized spacial score (nSPS) is 11.2. The van der Waals surface area contributed by atoms with Gasteiger partial charge in [0, 0.05) is 30.1 Å². The maximum absolute atomic E-state index is 12.8. The number of aromatic nitrogens is 2. The number of nitro groups is 1. The van der Waals surface area contributed by atoms with Crippen molar-refractivity contribution in [2.45, 2.75) is 13.1 Å². The van der Waals surface area contributed by atoms with Crippen molar-refractivity contribution in [1.82, 2.24) is 9.55 Å². The van der Waals surface area contributed by atoms with Crippen LogP contribution in [0, 0.1) is 17.0 Å². The Labute approximate surface area is 133 Å². The van der Waals surface area contributed by atoms with Gasteiger partial charge in [0.2, 0.25) is 5.95 Å². The molecule has 0 radical (unpaired) electrons. The first-order valence-corrected chi connectivity index (χ1v) is 6.49. The average Bonchev–Trinajstić information content (AvgIpc) is 2.47. The van der Waals surface area contributed by atoms with E-state index in [0.717, 1.165) is 10.8 Å². The van der Waals surface area contributed by atoms with Gasteiger partial charge in [-0.15, -0.1) is 0 Å². The van der Waals surface area contributed by atoms with Gasteiger partial charge >= 0.3 is 6.18 Å². The molecule has 0 fully saturated rings. The largest absolute Gasteiger partial charge is 0.433 e. The minimum atomic E-state index is -4.79. The van der Waals surface area contributed by atoms with Crippen LogP contribution in [0.1, 0.15) is 11.3 Å². The first-order chi connectivity index (χ1) is 11.1. The van der Waals surface area contributed by atoms with Gasteiger partial charge in [0.05, 0.1) is 4.92 Å². The van der Waals surface area contributed by atoms with Crippen molar-refractivity contribution in [3.63, 3.8) is 0 Å². The number of rotatable bonds is 4. The number of non-ortho nitro benzene ring substituents is 1. The minimum Gasteiger partial charge on any atom is -0.325 e. The summed E-state index contributed by atoms with van der Waals surface area (Å²) >= 11 is 0. The molecule has 7 nitrogen and oxygen atoms in total. The van der Waals surface area contributed by atoms with Crippen LogP contribution >= 0.6 is 0 Å². The number of halogens is 3. The van der Waals surface area contributed by atoms with Crippen LogP contribution in [-0.4, -0.2) is 14.5 Å². The van der Waals surface area contributed by atoms with Gasteiger partial charge in [0.25, 0.3) is 11.2 Å². The Balaban J connectivity index is 2.53. The molecular formula is C14H11F3N4O3. The van der Waals surface area contributed by atoms with E-state index in [1.54, 1.807) is 0 Å². The summed E-state index contributed by atoms with van der Waals surface area (Å²) in [6.07, 6.45) is -3.78. The van der Waals surface area contributed by atoms with E-state index in [2.05, 4.69) is 16.9 Å². The Bertz CT molecular complexity index is 875. The van der Waals surface area contributed by atoms with Crippen molar-refractivity contribution >= 4 is 23.5 Å². The third-order valence-corrected chi connectivity index (χ3v) is 3.09. The third-order valence-electron chi connectivity index (χ3n) is 3.09. The van der Waals surface area contributed by atoms with Gasteiger partial charge < -0.3 is 5.32 Å². The second-order valence-corrected chi connectivity index (χ2v) is 4.73. The summed E-state index contributed by atoms with van der Waals surface area (Å²) in [4.78, 5) is 25.3. The zero-order chi connectivity index (χ0) is 18.1. The van der Waals surface area contributed by atoms with Gasteiger partial charge in [-0.3, -0.25) is 19.5 Å². The molecule has 0 spiro atoms. The van der Waals surface area contributed by atoms with Crippen molar-refractivity contribution in [1.29, 1.82) is 0 Å². The monoisotopic (exact) mass is 340 g/mol. The van der Waals surface area contributed by atoms with E-state index in [0.29, 0.717) is 11.6 Å². The number of aryl methyl sites for hydroxylation is 1. The van der Waals surface area contributed by atoms with Crippen molar-refractivity contribution in [3.05, 3.63) is 62.6 Å². The number of benzene rings is 1. The maximum atomic E-state index is 12.8. The van der Waals surface area contributed by atoms with Gasteiger partial charge in [-0.2, -0.15) is 13.2 Å². The molecule has 1 N–H and O–H groups in total. The highest BCUT2D eigenvalue weighted by atomic mass is 19.4. The second kappa shape index (κ2) is 6.14. The smallest absolute Gasteiger partial charge is 0.325 e. The summed E-state index contributed by atoms with van der Waals surface area (Å²) in [5.41, 5.74) is -1.83. The predicted molar refractivity (Wildman–Crippen MR) is 81.0 cm³/mol. The summed E-state index contributed by atoms with van der Waals surface area (Å²) < 4.78 is 39.2. The fraction of sp³-hybridized carbons (Fsp3) is 0.143. The first-order valence-electron chi connectivity index (χ1n) is 6.49. The molecule has 0 amide bonds. The molecule has 0 aliphatic heterocycles. The third kappa shape index (κ3) is 3.42. The molecular weight excluding hydrogens is 329 g/mol. The number of anilines is 2. The molecule has 0 atom stereocenters. The Morgan fingerprint density at radius 2 is 2.04 bits per heavy atom. The summed E-state index contributed by atoms with van der Waals surface area (Å²) in [5.74, 6) is -0.401. The van der Waals surface area contributed by atoms with Gasteiger partial charge in [-0.25, -0.2) is 4.98 Å². The fourth-order valence-electron chi connectivity index (χ4n) is 1.92.